The Morgan fingerprint density at radius 1 is 1.37 bits per heavy atom. The second-order valence-electron chi connectivity index (χ2n) is 3.77. The maximum Gasteiger partial charge on any atom is 0.294 e. The summed E-state index contributed by atoms with van der Waals surface area (Å²) in [5.41, 5.74) is 0.941. The van der Waals surface area contributed by atoms with Crippen molar-refractivity contribution in [1.29, 1.82) is 0 Å². The Bertz CT molecular complexity index is 527. The van der Waals surface area contributed by atoms with Crippen molar-refractivity contribution in [2.45, 2.75) is 11.8 Å². The number of sulfonamides is 1. The molecule has 0 spiro atoms. The molecule has 19 heavy (non-hydrogen) atoms. The molecular weight excluding hydrogens is 272 g/mol. The normalized spacial score (nSPS) is 11.5. The van der Waals surface area contributed by atoms with Crippen LogP contribution in [-0.2, 0) is 14.9 Å². The van der Waals surface area contributed by atoms with Crippen LogP contribution in [0.15, 0.2) is 29.2 Å². The second-order valence-corrected chi connectivity index (χ2v) is 5.71. The molecule has 0 heterocycles. The van der Waals surface area contributed by atoms with Crippen LogP contribution in [0.2, 0.25) is 0 Å². The zero-order valence-corrected chi connectivity index (χ0v) is 11.3. The molecule has 0 unspecified atom stereocenters. The zero-order valence-electron chi connectivity index (χ0n) is 10.5. The summed E-state index contributed by atoms with van der Waals surface area (Å²) < 4.78 is 25.5. The fraction of sp³-hybridized carbons (Fsp3) is 0.364. The van der Waals surface area contributed by atoms with Crippen molar-refractivity contribution in [2.75, 3.05) is 19.7 Å². The summed E-state index contributed by atoms with van der Waals surface area (Å²) in [6.07, 6.45) is 0. The maximum absolute atomic E-state index is 12.2. The molecule has 1 rings (SSSR count). The molecule has 8 heteroatoms. The fourth-order valence-corrected chi connectivity index (χ4v) is 2.76. The SMILES string of the molecule is [CH2]CN(CCO[N+](=O)[O-])S(=O)(=O)c1ccc(C)cc1. The van der Waals surface area contributed by atoms with E-state index in [4.69, 9.17) is 0 Å². The topological polar surface area (TPSA) is 89.8 Å². The van der Waals surface area contributed by atoms with Crippen LogP contribution in [0.1, 0.15) is 5.56 Å². The average molecular weight is 287 g/mol. The summed E-state index contributed by atoms with van der Waals surface area (Å²) in [5.74, 6) is 0. The van der Waals surface area contributed by atoms with Crippen LogP contribution in [0, 0.1) is 24.0 Å². The molecule has 0 atom stereocenters. The molecule has 0 aliphatic carbocycles. The first-order valence-corrected chi connectivity index (χ1v) is 6.95. The Hall–Kier alpha value is -1.67. The number of aryl methyl sites for hydroxylation is 1. The maximum atomic E-state index is 12.2. The predicted octanol–water partition coefficient (Wildman–Crippen LogP) is 1.03. The number of rotatable bonds is 7. The molecule has 0 fully saturated rings. The van der Waals surface area contributed by atoms with Gasteiger partial charge in [-0.1, -0.05) is 17.7 Å². The highest BCUT2D eigenvalue weighted by Gasteiger charge is 2.22. The summed E-state index contributed by atoms with van der Waals surface area (Å²) in [7, 11) is -3.70. The average Bonchev–Trinajstić information content (AvgIpc) is 2.34. The second kappa shape index (κ2) is 6.48. The van der Waals surface area contributed by atoms with Gasteiger partial charge in [0.05, 0.1) is 4.90 Å². The molecule has 0 aliphatic rings. The lowest BCUT2D eigenvalue weighted by atomic mass is 10.2. The van der Waals surface area contributed by atoms with Gasteiger partial charge in [0, 0.05) is 13.1 Å². The molecule has 1 aromatic carbocycles. The van der Waals surface area contributed by atoms with Gasteiger partial charge in [0.2, 0.25) is 10.0 Å². The molecule has 0 N–H and O–H groups in total. The van der Waals surface area contributed by atoms with Crippen molar-refractivity contribution in [3.63, 3.8) is 0 Å². The van der Waals surface area contributed by atoms with E-state index < -0.39 is 15.1 Å². The van der Waals surface area contributed by atoms with Crippen LogP contribution in [0.25, 0.3) is 0 Å². The van der Waals surface area contributed by atoms with E-state index in [0.29, 0.717) is 0 Å². The van der Waals surface area contributed by atoms with Gasteiger partial charge in [-0.15, -0.1) is 10.1 Å². The van der Waals surface area contributed by atoms with E-state index in [1.807, 2.05) is 6.92 Å². The predicted molar refractivity (Wildman–Crippen MR) is 68.2 cm³/mol. The number of benzene rings is 1. The number of nitrogens with zero attached hydrogens (tertiary/aromatic N) is 2. The quantitative estimate of drug-likeness (QED) is 0.552. The van der Waals surface area contributed by atoms with Gasteiger partial charge in [-0.05, 0) is 26.0 Å². The Morgan fingerprint density at radius 3 is 2.42 bits per heavy atom. The minimum atomic E-state index is -3.70. The third kappa shape index (κ3) is 4.18. The molecule has 0 amide bonds. The highest BCUT2D eigenvalue weighted by molar-refractivity contribution is 7.89. The summed E-state index contributed by atoms with van der Waals surface area (Å²) in [6, 6.07) is 6.34. The third-order valence-electron chi connectivity index (χ3n) is 2.45. The van der Waals surface area contributed by atoms with Crippen molar-refractivity contribution < 1.29 is 18.3 Å². The third-order valence-corrected chi connectivity index (χ3v) is 4.36. The number of hydrogen-bond acceptors (Lipinski definition) is 5. The molecule has 0 saturated heterocycles. The van der Waals surface area contributed by atoms with Crippen LogP contribution >= 0.6 is 0 Å². The Balaban J connectivity index is 2.83. The summed E-state index contributed by atoms with van der Waals surface area (Å²) in [4.78, 5) is 14.3. The van der Waals surface area contributed by atoms with Gasteiger partial charge in [-0.3, -0.25) is 0 Å². The first kappa shape index (κ1) is 15.4. The van der Waals surface area contributed by atoms with E-state index in [2.05, 4.69) is 11.8 Å². The lowest BCUT2D eigenvalue weighted by molar-refractivity contribution is -0.757. The highest BCUT2D eigenvalue weighted by atomic mass is 32.2. The van der Waals surface area contributed by atoms with Crippen molar-refractivity contribution in [3.05, 3.63) is 46.9 Å². The Morgan fingerprint density at radius 2 is 1.95 bits per heavy atom. The van der Waals surface area contributed by atoms with E-state index in [1.165, 1.54) is 12.1 Å². The first-order chi connectivity index (χ1) is 8.87. The van der Waals surface area contributed by atoms with Crippen LogP contribution < -0.4 is 0 Å². The molecule has 0 aliphatic heterocycles. The molecule has 1 aromatic rings. The van der Waals surface area contributed by atoms with E-state index in [-0.39, 0.29) is 24.6 Å². The van der Waals surface area contributed by atoms with Crippen LogP contribution in [-0.4, -0.2) is 37.5 Å². The molecule has 1 radical (unpaired) electrons. The van der Waals surface area contributed by atoms with Crippen molar-refractivity contribution >= 4 is 10.0 Å². The first-order valence-electron chi connectivity index (χ1n) is 5.51. The lowest BCUT2D eigenvalue weighted by Crippen LogP contribution is -2.34. The smallest absolute Gasteiger partial charge is 0.294 e. The lowest BCUT2D eigenvalue weighted by Gasteiger charge is -2.19. The monoisotopic (exact) mass is 287 g/mol. The van der Waals surface area contributed by atoms with Crippen molar-refractivity contribution in [3.8, 4) is 0 Å². The van der Waals surface area contributed by atoms with E-state index >= 15 is 0 Å². The van der Waals surface area contributed by atoms with E-state index in [1.54, 1.807) is 12.1 Å². The summed E-state index contributed by atoms with van der Waals surface area (Å²) in [5, 5.41) is 9.07. The fourth-order valence-electron chi connectivity index (χ4n) is 1.43. The van der Waals surface area contributed by atoms with Crippen molar-refractivity contribution in [1.82, 2.24) is 4.31 Å². The van der Waals surface area contributed by atoms with Gasteiger partial charge < -0.3 is 4.84 Å². The van der Waals surface area contributed by atoms with Gasteiger partial charge in [0.1, 0.15) is 6.61 Å². The molecule has 0 saturated carbocycles. The van der Waals surface area contributed by atoms with E-state index in [0.717, 1.165) is 9.87 Å². The molecule has 105 valence electrons. The molecular formula is C11H15N2O5S. The highest BCUT2D eigenvalue weighted by Crippen LogP contribution is 2.15. The minimum absolute atomic E-state index is 0.0305. The van der Waals surface area contributed by atoms with Crippen LogP contribution in [0.3, 0.4) is 0 Å². The molecule has 7 nitrogen and oxygen atoms in total. The summed E-state index contributed by atoms with van der Waals surface area (Å²) >= 11 is 0. The van der Waals surface area contributed by atoms with E-state index in [9.17, 15) is 18.5 Å². The Kier molecular flexibility index (Phi) is 5.25. The molecule has 0 bridgehead atoms. The largest absolute Gasteiger partial charge is 0.313 e. The standard InChI is InChI=1S/C11H15N2O5S/c1-3-12(8-9-18-13(14)15)19(16,17)11-6-4-10(2)5-7-11/h4-7H,1,3,8-9H2,2H3. The van der Waals surface area contributed by atoms with Gasteiger partial charge in [-0.25, -0.2) is 8.42 Å². The Labute approximate surface area is 111 Å². The molecule has 0 aromatic heterocycles. The van der Waals surface area contributed by atoms with Crippen LogP contribution in [0.5, 0.6) is 0 Å². The van der Waals surface area contributed by atoms with Gasteiger partial charge in [0.25, 0.3) is 5.09 Å². The number of hydrogen-bond donors (Lipinski definition) is 0. The van der Waals surface area contributed by atoms with Crippen molar-refractivity contribution in [2.24, 2.45) is 0 Å². The minimum Gasteiger partial charge on any atom is -0.313 e. The van der Waals surface area contributed by atoms with Gasteiger partial charge >= 0.3 is 0 Å². The zero-order chi connectivity index (χ0) is 14.5. The summed E-state index contributed by atoms with van der Waals surface area (Å²) in [6.45, 7) is 4.88. The van der Waals surface area contributed by atoms with Crippen LogP contribution in [0.4, 0.5) is 0 Å². The van der Waals surface area contributed by atoms with Gasteiger partial charge in [0.15, 0.2) is 0 Å². The van der Waals surface area contributed by atoms with Gasteiger partial charge in [-0.2, -0.15) is 4.31 Å².